The second-order valence-corrected chi connectivity index (χ2v) is 6.87. The number of hydrogen-bond donors (Lipinski definition) is 1. The molecule has 3 nitrogen and oxygen atoms in total. The van der Waals surface area contributed by atoms with Gasteiger partial charge in [-0.05, 0) is 42.7 Å². The van der Waals surface area contributed by atoms with Gasteiger partial charge in [0.2, 0.25) is 0 Å². The molecule has 0 aromatic heterocycles. The molecule has 1 atom stereocenters. The fourth-order valence-electron chi connectivity index (χ4n) is 3.26. The first kappa shape index (κ1) is 13.8. The number of carboxylic acids is 1. The number of hydrogen-bond acceptors (Lipinski definition) is 3. The van der Waals surface area contributed by atoms with E-state index >= 15 is 0 Å². The predicted molar refractivity (Wildman–Crippen MR) is 80.6 cm³/mol. The van der Waals surface area contributed by atoms with Crippen LogP contribution in [0, 0.1) is 0 Å². The molecule has 0 radical (unpaired) electrons. The minimum Gasteiger partial charge on any atom is -0.490 e. The molecule has 108 valence electrons. The highest BCUT2D eigenvalue weighted by molar-refractivity contribution is 7.99. The number of ether oxygens (including phenoxy) is 1. The van der Waals surface area contributed by atoms with Crippen LogP contribution in [0.4, 0.5) is 0 Å². The van der Waals surface area contributed by atoms with Gasteiger partial charge >= 0.3 is 5.97 Å². The average molecular weight is 292 g/mol. The Kier molecular flexibility index (Phi) is 3.92. The predicted octanol–water partition coefficient (Wildman–Crippen LogP) is 3.47. The molecule has 1 unspecified atom stereocenters. The van der Waals surface area contributed by atoms with Gasteiger partial charge < -0.3 is 9.84 Å². The van der Waals surface area contributed by atoms with Crippen molar-refractivity contribution in [2.24, 2.45) is 0 Å². The lowest BCUT2D eigenvalue weighted by Crippen LogP contribution is -2.32. The number of carbonyl (C=O) groups is 1. The molecule has 1 saturated carbocycles. The van der Waals surface area contributed by atoms with E-state index in [1.54, 1.807) is 0 Å². The summed E-state index contributed by atoms with van der Waals surface area (Å²) >= 11 is 1.93. The number of thioether (sulfide) groups is 1. The zero-order chi connectivity index (χ0) is 14.0. The summed E-state index contributed by atoms with van der Waals surface area (Å²) in [4.78, 5) is 11.7. The highest BCUT2D eigenvalue weighted by Gasteiger charge is 2.42. The first-order valence-electron chi connectivity index (χ1n) is 7.29. The SMILES string of the molecule is O=C(O)C1(c2ccc(OC3CCSC3)cc2)CCCC1. The Balaban J connectivity index is 1.76. The normalized spacial score (nSPS) is 24.7. The smallest absolute Gasteiger partial charge is 0.314 e. The van der Waals surface area contributed by atoms with Crippen LogP contribution in [0.3, 0.4) is 0 Å². The maximum Gasteiger partial charge on any atom is 0.314 e. The van der Waals surface area contributed by atoms with Crippen molar-refractivity contribution in [1.29, 1.82) is 0 Å². The quantitative estimate of drug-likeness (QED) is 0.923. The number of aliphatic carboxylic acids is 1. The zero-order valence-electron chi connectivity index (χ0n) is 11.5. The van der Waals surface area contributed by atoms with Gasteiger partial charge in [-0.3, -0.25) is 4.79 Å². The van der Waals surface area contributed by atoms with Gasteiger partial charge in [0.25, 0.3) is 0 Å². The first-order valence-corrected chi connectivity index (χ1v) is 8.44. The highest BCUT2D eigenvalue weighted by Crippen LogP contribution is 2.41. The van der Waals surface area contributed by atoms with E-state index in [1.165, 1.54) is 5.75 Å². The molecule has 1 heterocycles. The van der Waals surface area contributed by atoms with Gasteiger partial charge in [-0.15, -0.1) is 0 Å². The number of benzene rings is 1. The Morgan fingerprint density at radius 3 is 2.50 bits per heavy atom. The number of rotatable bonds is 4. The van der Waals surface area contributed by atoms with E-state index < -0.39 is 11.4 Å². The molecule has 0 spiro atoms. The Morgan fingerprint density at radius 1 is 1.25 bits per heavy atom. The summed E-state index contributed by atoms with van der Waals surface area (Å²) in [5, 5.41) is 9.58. The standard InChI is InChI=1S/C16H20O3S/c17-15(18)16(8-1-2-9-16)12-3-5-13(6-4-12)19-14-7-10-20-11-14/h3-6,14H,1-2,7-11H2,(H,17,18). The maximum absolute atomic E-state index is 11.7. The van der Waals surface area contributed by atoms with Crippen molar-refractivity contribution in [2.45, 2.75) is 43.6 Å². The molecule has 1 aromatic carbocycles. The average Bonchev–Trinajstić information content (AvgIpc) is 3.10. The molecule has 3 rings (SSSR count). The summed E-state index contributed by atoms with van der Waals surface area (Å²) < 4.78 is 5.92. The Labute approximate surface area is 123 Å². The summed E-state index contributed by atoms with van der Waals surface area (Å²) in [6, 6.07) is 7.75. The van der Waals surface area contributed by atoms with E-state index in [1.807, 2.05) is 36.0 Å². The zero-order valence-corrected chi connectivity index (χ0v) is 12.3. The molecular formula is C16H20O3S. The molecule has 2 aliphatic rings. The second-order valence-electron chi connectivity index (χ2n) is 5.72. The molecule has 0 amide bonds. The van der Waals surface area contributed by atoms with Gasteiger partial charge in [0.1, 0.15) is 11.9 Å². The minimum atomic E-state index is -0.684. The number of carboxylic acid groups (broad SMARTS) is 1. The van der Waals surface area contributed by atoms with Crippen LogP contribution in [0.25, 0.3) is 0 Å². The maximum atomic E-state index is 11.7. The highest BCUT2D eigenvalue weighted by atomic mass is 32.2. The molecule has 1 saturated heterocycles. The van der Waals surface area contributed by atoms with E-state index in [4.69, 9.17) is 4.74 Å². The van der Waals surface area contributed by atoms with Crippen molar-refractivity contribution in [3.63, 3.8) is 0 Å². The van der Waals surface area contributed by atoms with Crippen LogP contribution in [-0.2, 0) is 10.2 Å². The van der Waals surface area contributed by atoms with Gasteiger partial charge in [-0.2, -0.15) is 11.8 Å². The van der Waals surface area contributed by atoms with Gasteiger partial charge in [-0.1, -0.05) is 25.0 Å². The Hall–Kier alpha value is -1.16. The van der Waals surface area contributed by atoms with Crippen molar-refractivity contribution >= 4 is 17.7 Å². The lowest BCUT2D eigenvalue weighted by Gasteiger charge is -2.24. The molecule has 1 N–H and O–H groups in total. The van der Waals surface area contributed by atoms with Crippen LogP contribution >= 0.6 is 11.8 Å². The van der Waals surface area contributed by atoms with Crippen LogP contribution in [0.2, 0.25) is 0 Å². The van der Waals surface area contributed by atoms with Crippen LogP contribution in [0.15, 0.2) is 24.3 Å². The lowest BCUT2D eigenvalue weighted by molar-refractivity contribution is -0.143. The summed E-state index contributed by atoms with van der Waals surface area (Å²) in [5.41, 5.74) is 0.262. The van der Waals surface area contributed by atoms with Crippen molar-refractivity contribution in [1.82, 2.24) is 0 Å². The van der Waals surface area contributed by atoms with Crippen LogP contribution in [0.1, 0.15) is 37.7 Å². The van der Waals surface area contributed by atoms with Gasteiger partial charge in [0, 0.05) is 5.75 Å². The van der Waals surface area contributed by atoms with E-state index in [2.05, 4.69) is 0 Å². The third kappa shape index (κ3) is 2.53. The van der Waals surface area contributed by atoms with E-state index in [9.17, 15) is 9.90 Å². The molecule has 2 fully saturated rings. The van der Waals surface area contributed by atoms with E-state index in [0.29, 0.717) is 6.10 Å². The second kappa shape index (κ2) is 5.68. The summed E-state index contributed by atoms with van der Waals surface area (Å²) in [6.07, 6.45) is 4.92. The van der Waals surface area contributed by atoms with Gasteiger partial charge in [0.15, 0.2) is 0 Å². The van der Waals surface area contributed by atoms with Gasteiger partial charge in [0.05, 0.1) is 5.41 Å². The van der Waals surface area contributed by atoms with Crippen molar-refractivity contribution < 1.29 is 14.6 Å². The van der Waals surface area contributed by atoms with Crippen LogP contribution < -0.4 is 4.74 Å². The molecule has 1 aromatic rings. The van der Waals surface area contributed by atoms with Crippen LogP contribution in [-0.4, -0.2) is 28.7 Å². The largest absolute Gasteiger partial charge is 0.490 e. The van der Waals surface area contributed by atoms with Crippen molar-refractivity contribution in [2.75, 3.05) is 11.5 Å². The Bertz CT molecular complexity index is 471. The Morgan fingerprint density at radius 2 is 1.95 bits per heavy atom. The minimum absolute atomic E-state index is 0.311. The third-order valence-corrected chi connectivity index (χ3v) is 5.60. The summed E-state index contributed by atoms with van der Waals surface area (Å²) in [6.45, 7) is 0. The van der Waals surface area contributed by atoms with Gasteiger partial charge in [-0.25, -0.2) is 0 Å². The van der Waals surface area contributed by atoms with Crippen LogP contribution in [0.5, 0.6) is 5.75 Å². The topological polar surface area (TPSA) is 46.5 Å². The van der Waals surface area contributed by atoms with E-state index in [0.717, 1.165) is 49.2 Å². The summed E-state index contributed by atoms with van der Waals surface area (Å²) in [5.74, 6) is 2.40. The summed E-state index contributed by atoms with van der Waals surface area (Å²) in [7, 11) is 0. The molecule has 1 aliphatic heterocycles. The third-order valence-electron chi connectivity index (χ3n) is 4.46. The monoisotopic (exact) mass is 292 g/mol. The van der Waals surface area contributed by atoms with Crippen molar-refractivity contribution in [3.8, 4) is 5.75 Å². The molecule has 1 aliphatic carbocycles. The van der Waals surface area contributed by atoms with E-state index in [-0.39, 0.29) is 0 Å². The molecule has 0 bridgehead atoms. The fraction of sp³-hybridized carbons (Fsp3) is 0.562. The molecule has 20 heavy (non-hydrogen) atoms. The fourth-order valence-corrected chi connectivity index (χ4v) is 4.35. The molecule has 4 heteroatoms. The molecular weight excluding hydrogens is 272 g/mol. The van der Waals surface area contributed by atoms with Crippen molar-refractivity contribution in [3.05, 3.63) is 29.8 Å². The lowest BCUT2D eigenvalue weighted by atomic mass is 9.79. The first-order chi connectivity index (χ1) is 9.71.